The zero-order valence-electron chi connectivity index (χ0n) is 11.7. The van der Waals surface area contributed by atoms with Gasteiger partial charge in [0.1, 0.15) is 5.75 Å². The Bertz CT molecular complexity index is 387. The van der Waals surface area contributed by atoms with Gasteiger partial charge in [-0.05, 0) is 30.7 Å². The molecule has 4 N–H and O–H groups in total. The lowest BCUT2D eigenvalue weighted by Gasteiger charge is -2.16. The summed E-state index contributed by atoms with van der Waals surface area (Å²) in [6.07, 6.45) is 3.12. The van der Waals surface area contributed by atoms with Crippen LogP contribution in [0.3, 0.4) is 0 Å². The molecule has 0 spiro atoms. The lowest BCUT2D eigenvalue weighted by molar-refractivity contribution is -0.119. The third-order valence-electron chi connectivity index (χ3n) is 2.76. The number of phenols is 1. The number of rotatable bonds is 8. The van der Waals surface area contributed by atoms with E-state index >= 15 is 0 Å². The predicted molar refractivity (Wildman–Crippen MR) is 86.6 cm³/mol. The lowest BCUT2D eigenvalue weighted by Crippen LogP contribution is -2.41. The highest BCUT2D eigenvalue weighted by Gasteiger charge is 2.10. The van der Waals surface area contributed by atoms with Crippen LogP contribution in [0.5, 0.6) is 5.75 Å². The quantitative estimate of drug-likeness (QED) is 0.644. The molecule has 1 rings (SSSR count). The van der Waals surface area contributed by atoms with Gasteiger partial charge in [-0.3, -0.25) is 4.79 Å². The van der Waals surface area contributed by atoms with Crippen LogP contribution in [0.4, 0.5) is 0 Å². The van der Waals surface area contributed by atoms with E-state index in [4.69, 9.17) is 10.8 Å². The number of phenolic OH excluding ortho intramolecular Hbond substituents is 1. The summed E-state index contributed by atoms with van der Waals surface area (Å²) in [7, 11) is 0. The number of amides is 1. The molecule has 6 heteroatoms. The summed E-state index contributed by atoms with van der Waals surface area (Å²) < 4.78 is 0. The van der Waals surface area contributed by atoms with Crippen LogP contribution in [0.2, 0.25) is 0 Å². The molecule has 4 nitrogen and oxygen atoms in total. The highest BCUT2D eigenvalue weighted by Crippen LogP contribution is 2.20. The summed E-state index contributed by atoms with van der Waals surface area (Å²) in [5.41, 5.74) is 5.64. The van der Waals surface area contributed by atoms with E-state index in [1.54, 1.807) is 24.3 Å². The highest BCUT2D eigenvalue weighted by atomic mass is 35.5. The van der Waals surface area contributed by atoms with Gasteiger partial charge >= 0.3 is 0 Å². The molecule has 1 aromatic rings. The average Bonchev–Trinajstić information content (AvgIpc) is 2.42. The Labute approximate surface area is 130 Å². The van der Waals surface area contributed by atoms with Crippen molar-refractivity contribution in [3.05, 3.63) is 24.3 Å². The smallest absolute Gasteiger partial charge is 0.230 e. The van der Waals surface area contributed by atoms with Crippen LogP contribution >= 0.6 is 24.2 Å². The maximum Gasteiger partial charge on any atom is 0.230 e. The summed E-state index contributed by atoms with van der Waals surface area (Å²) >= 11 is 1.45. The van der Waals surface area contributed by atoms with E-state index in [1.807, 2.05) is 0 Å². The van der Waals surface area contributed by atoms with Crippen molar-refractivity contribution in [2.45, 2.75) is 37.1 Å². The minimum atomic E-state index is 0. The Morgan fingerprint density at radius 2 is 2.05 bits per heavy atom. The normalized spacial score (nSPS) is 11.5. The minimum absolute atomic E-state index is 0. The maximum absolute atomic E-state index is 11.8. The van der Waals surface area contributed by atoms with E-state index < -0.39 is 0 Å². The standard InChI is InChI=1S/C14H22N2O2S.ClH/c1-2-3-4-11(9-15)16-14(18)10-19-13-7-5-12(17)6-8-13;/h5-8,11,17H,2-4,9-10,15H2,1H3,(H,16,18);1H. The van der Waals surface area contributed by atoms with Gasteiger partial charge in [0.25, 0.3) is 0 Å². The van der Waals surface area contributed by atoms with Gasteiger partial charge in [-0.2, -0.15) is 0 Å². The van der Waals surface area contributed by atoms with Gasteiger partial charge in [0, 0.05) is 17.5 Å². The second-order valence-electron chi connectivity index (χ2n) is 4.42. The van der Waals surface area contributed by atoms with Gasteiger partial charge in [0.05, 0.1) is 5.75 Å². The number of unbranched alkanes of at least 4 members (excludes halogenated alkanes) is 1. The van der Waals surface area contributed by atoms with Crippen LogP contribution in [0.1, 0.15) is 26.2 Å². The first-order valence-corrected chi connectivity index (χ1v) is 7.55. The minimum Gasteiger partial charge on any atom is -0.508 e. The van der Waals surface area contributed by atoms with Crippen molar-refractivity contribution in [2.75, 3.05) is 12.3 Å². The monoisotopic (exact) mass is 318 g/mol. The number of carbonyl (C=O) groups excluding carboxylic acids is 1. The second-order valence-corrected chi connectivity index (χ2v) is 5.47. The third-order valence-corrected chi connectivity index (χ3v) is 3.77. The van der Waals surface area contributed by atoms with Gasteiger partial charge in [-0.15, -0.1) is 24.2 Å². The summed E-state index contributed by atoms with van der Waals surface area (Å²) in [4.78, 5) is 12.7. The number of benzene rings is 1. The van der Waals surface area contributed by atoms with Gasteiger partial charge in [-0.25, -0.2) is 0 Å². The van der Waals surface area contributed by atoms with Crippen molar-refractivity contribution in [3.63, 3.8) is 0 Å². The molecule has 114 valence electrons. The number of carbonyl (C=O) groups is 1. The molecule has 0 bridgehead atoms. The molecule has 0 saturated carbocycles. The number of nitrogens with two attached hydrogens (primary N) is 1. The van der Waals surface area contributed by atoms with Crippen molar-refractivity contribution in [1.29, 1.82) is 0 Å². The molecule has 0 heterocycles. The number of aromatic hydroxyl groups is 1. The topological polar surface area (TPSA) is 75.3 Å². The fourth-order valence-corrected chi connectivity index (χ4v) is 2.37. The van der Waals surface area contributed by atoms with Crippen LogP contribution in [0.25, 0.3) is 0 Å². The SMILES string of the molecule is CCCCC(CN)NC(=O)CSc1ccc(O)cc1.Cl. The first-order valence-electron chi connectivity index (χ1n) is 6.57. The summed E-state index contributed by atoms with van der Waals surface area (Å²) in [5.74, 6) is 0.606. The zero-order chi connectivity index (χ0) is 14.1. The molecule has 0 radical (unpaired) electrons. The van der Waals surface area contributed by atoms with E-state index in [0.717, 1.165) is 24.2 Å². The van der Waals surface area contributed by atoms with Crippen molar-refractivity contribution >= 4 is 30.1 Å². The fraction of sp³-hybridized carbons (Fsp3) is 0.500. The van der Waals surface area contributed by atoms with Crippen LogP contribution in [0, 0.1) is 0 Å². The third kappa shape index (κ3) is 7.62. The first-order chi connectivity index (χ1) is 9.15. The molecular formula is C14H23ClN2O2S. The van der Waals surface area contributed by atoms with E-state index in [0.29, 0.717) is 12.3 Å². The zero-order valence-corrected chi connectivity index (χ0v) is 13.3. The van der Waals surface area contributed by atoms with Crippen molar-refractivity contribution in [2.24, 2.45) is 5.73 Å². The number of nitrogens with one attached hydrogen (secondary N) is 1. The maximum atomic E-state index is 11.8. The summed E-state index contributed by atoms with van der Waals surface area (Å²) in [6.45, 7) is 2.60. The van der Waals surface area contributed by atoms with Crippen LogP contribution in [-0.4, -0.2) is 29.4 Å². The predicted octanol–water partition coefficient (Wildman–Crippen LogP) is 2.54. The summed E-state index contributed by atoms with van der Waals surface area (Å²) in [6, 6.07) is 6.90. The highest BCUT2D eigenvalue weighted by molar-refractivity contribution is 8.00. The molecule has 0 aliphatic rings. The van der Waals surface area contributed by atoms with Gasteiger partial charge in [-0.1, -0.05) is 19.8 Å². The number of thioether (sulfide) groups is 1. The van der Waals surface area contributed by atoms with Gasteiger partial charge in [0.2, 0.25) is 5.91 Å². The first kappa shape index (κ1) is 19.1. The molecule has 0 fully saturated rings. The van der Waals surface area contributed by atoms with Crippen LogP contribution in [0.15, 0.2) is 29.2 Å². The Morgan fingerprint density at radius 1 is 1.40 bits per heavy atom. The van der Waals surface area contributed by atoms with E-state index in [1.165, 1.54) is 11.8 Å². The Kier molecular flexibility index (Phi) is 10.3. The molecule has 1 amide bonds. The number of hydrogen-bond donors (Lipinski definition) is 3. The molecule has 20 heavy (non-hydrogen) atoms. The average molecular weight is 319 g/mol. The Balaban J connectivity index is 0.00000361. The summed E-state index contributed by atoms with van der Waals surface area (Å²) in [5, 5.41) is 12.1. The van der Waals surface area contributed by atoms with Crippen molar-refractivity contribution in [3.8, 4) is 5.75 Å². The number of hydrogen-bond acceptors (Lipinski definition) is 4. The second kappa shape index (κ2) is 10.8. The fourth-order valence-electron chi connectivity index (χ4n) is 1.66. The molecule has 1 atom stereocenters. The van der Waals surface area contributed by atoms with E-state index in [9.17, 15) is 4.79 Å². The van der Waals surface area contributed by atoms with Gasteiger partial charge < -0.3 is 16.2 Å². The Hall–Kier alpha value is -0.910. The molecule has 1 aromatic carbocycles. The van der Waals surface area contributed by atoms with Crippen molar-refractivity contribution in [1.82, 2.24) is 5.32 Å². The van der Waals surface area contributed by atoms with Crippen LogP contribution < -0.4 is 11.1 Å². The van der Waals surface area contributed by atoms with Crippen molar-refractivity contribution < 1.29 is 9.90 Å². The van der Waals surface area contributed by atoms with E-state index in [2.05, 4.69) is 12.2 Å². The molecule has 1 unspecified atom stereocenters. The van der Waals surface area contributed by atoms with E-state index in [-0.39, 0.29) is 30.1 Å². The molecule has 0 aliphatic carbocycles. The van der Waals surface area contributed by atoms with Gasteiger partial charge in [0.15, 0.2) is 0 Å². The lowest BCUT2D eigenvalue weighted by atomic mass is 10.1. The largest absolute Gasteiger partial charge is 0.508 e. The molecular weight excluding hydrogens is 296 g/mol. The molecule has 0 aromatic heterocycles. The molecule has 0 saturated heterocycles. The van der Waals surface area contributed by atoms with Crippen LogP contribution in [-0.2, 0) is 4.79 Å². The number of halogens is 1. The molecule has 0 aliphatic heterocycles. The Morgan fingerprint density at radius 3 is 2.60 bits per heavy atom.